The molecule has 4 nitrogen and oxygen atoms in total. The van der Waals surface area contributed by atoms with Crippen molar-refractivity contribution in [3.05, 3.63) is 12.3 Å². The van der Waals surface area contributed by atoms with Crippen molar-refractivity contribution in [2.75, 3.05) is 33.9 Å². The van der Waals surface area contributed by atoms with Crippen molar-refractivity contribution in [1.29, 1.82) is 0 Å². The Bertz CT molecular complexity index is 208. The molecule has 1 rings (SSSR count). The summed E-state index contributed by atoms with van der Waals surface area (Å²) >= 11 is 0. The highest BCUT2D eigenvalue weighted by Gasteiger charge is 2.01. The minimum atomic E-state index is 0.718. The van der Waals surface area contributed by atoms with Gasteiger partial charge in [-0.25, -0.2) is 5.43 Å². The molecule has 4 heteroatoms. The first kappa shape index (κ1) is 10.2. The first-order valence-electron chi connectivity index (χ1n) is 4.52. The molecule has 1 aliphatic heterocycles. The second-order valence-electron chi connectivity index (χ2n) is 3.44. The van der Waals surface area contributed by atoms with Gasteiger partial charge in [-0.15, -0.1) is 0 Å². The number of hydrogen-bond acceptors (Lipinski definition) is 4. The van der Waals surface area contributed by atoms with Gasteiger partial charge in [-0.3, -0.25) is 10.0 Å². The van der Waals surface area contributed by atoms with Crippen molar-refractivity contribution in [1.82, 2.24) is 15.3 Å². The molecule has 0 aromatic carbocycles. The van der Waals surface area contributed by atoms with Crippen LogP contribution in [0.4, 0.5) is 0 Å². The van der Waals surface area contributed by atoms with E-state index in [2.05, 4.69) is 29.4 Å². The Balaban J connectivity index is 2.14. The smallest absolute Gasteiger partial charge is 0.124 e. The maximum Gasteiger partial charge on any atom is 0.124 e. The van der Waals surface area contributed by atoms with Gasteiger partial charge in [0.25, 0.3) is 0 Å². The highest BCUT2D eigenvalue weighted by Crippen LogP contribution is 1.95. The fourth-order valence-corrected chi connectivity index (χ4v) is 1.01. The lowest BCUT2D eigenvalue weighted by atomic mass is 10.4. The van der Waals surface area contributed by atoms with Crippen LogP contribution in [0.1, 0.15) is 6.92 Å². The Kier molecular flexibility index (Phi) is 3.92. The lowest BCUT2D eigenvalue weighted by molar-refractivity contribution is 0.256. The highest BCUT2D eigenvalue weighted by atomic mass is 15.5. The normalized spacial score (nSPS) is 16.6. The Morgan fingerprint density at radius 3 is 2.92 bits per heavy atom. The van der Waals surface area contributed by atoms with Crippen molar-refractivity contribution in [3.63, 3.8) is 0 Å². The van der Waals surface area contributed by atoms with Gasteiger partial charge in [0, 0.05) is 25.0 Å². The first-order chi connectivity index (χ1) is 6.18. The van der Waals surface area contributed by atoms with E-state index < -0.39 is 0 Å². The zero-order chi connectivity index (χ0) is 9.68. The Labute approximate surface area is 79.9 Å². The summed E-state index contributed by atoms with van der Waals surface area (Å²) < 4.78 is 0. The molecule has 0 aromatic heterocycles. The third kappa shape index (κ3) is 4.05. The summed E-state index contributed by atoms with van der Waals surface area (Å²) in [5, 5.41) is 2.00. The maximum absolute atomic E-state index is 4.29. The largest absolute Gasteiger partial charge is 0.308 e. The standard InChI is InChI=1S/C9H18N4/c1-9-4-6-13(8-10-9)11-5-7-12(2)3/h4,6,11H,5,7-8H2,1-3H3. The van der Waals surface area contributed by atoms with Crippen molar-refractivity contribution in [3.8, 4) is 0 Å². The summed E-state index contributed by atoms with van der Waals surface area (Å²) in [6.07, 6.45) is 4.03. The third-order valence-corrected chi connectivity index (χ3v) is 1.84. The summed E-state index contributed by atoms with van der Waals surface area (Å²) in [5.41, 5.74) is 4.36. The molecular formula is C9H18N4. The molecule has 1 N–H and O–H groups in total. The zero-order valence-corrected chi connectivity index (χ0v) is 8.62. The van der Waals surface area contributed by atoms with Crippen LogP contribution < -0.4 is 5.43 Å². The van der Waals surface area contributed by atoms with Crippen molar-refractivity contribution >= 4 is 5.71 Å². The second kappa shape index (κ2) is 4.99. The topological polar surface area (TPSA) is 30.9 Å². The monoisotopic (exact) mass is 182 g/mol. The Morgan fingerprint density at radius 2 is 2.38 bits per heavy atom. The quantitative estimate of drug-likeness (QED) is 0.678. The van der Waals surface area contributed by atoms with Crippen LogP contribution in [-0.2, 0) is 0 Å². The molecule has 1 heterocycles. The van der Waals surface area contributed by atoms with Crippen LogP contribution in [0.15, 0.2) is 17.3 Å². The summed E-state index contributed by atoms with van der Waals surface area (Å²) in [7, 11) is 4.13. The molecule has 0 unspecified atom stereocenters. The minimum Gasteiger partial charge on any atom is -0.308 e. The lowest BCUT2D eigenvalue weighted by Crippen LogP contribution is -2.39. The molecule has 0 bridgehead atoms. The molecule has 0 fully saturated rings. The molecule has 0 saturated carbocycles. The molecule has 13 heavy (non-hydrogen) atoms. The number of allylic oxidation sites excluding steroid dienone is 1. The van der Waals surface area contributed by atoms with Gasteiger partial charge in [-0.05, 0) is 27.1 Å². The van der Waals surface area contributed by atoms with E-state index in [1.54, 1.807) is 0 Å². The van der Waals surface area contributed by atoms with E-state index in [1.165, 1.54) is 0 Å². The van der Waals surface area contributed by atoms with E-state index in [9.17, 15) is 0 Å². The number of likely N-dealkylation sites (N-methyl/N-ethyl adjacent to an activating group) is 1. The fourth-order valence-electron chi connectivity index (χ4n) is 1.01. The van der Waals surface area contributed by atoms with Gasteiger partial charge in [-0.1, -0.05) is 0 Å². The van der Waals surface area contributed by atoms with Crippen LogP contribution in [0, 0.1) is 0 Å². The minimum absolute atomic E-state index is 0.718. The highest BCUT2D eigenvalue weighted by molar-refractivity contribution is 5.93. The summed E-state index contributed by atoms with van der Waals surface area (Å²) in [6.45, 7) is 4.71. The number of nitrogens with zero attached hydrogens (tertiary/aromatic N) is 3. The molecule has 0 aliphatic carbocycles. The zero-order valence-electron chi connectivity index (χ0n) is 8.62. The van der Waals surface area contributed by atoms with Crippen LogP contribution in [-0.4, -0.2) is 49.5 Å². The molecular weight excluding hydrogens is 164 g/mol. The SMILES string of the molecule is CC1=NCN(NCCN(C)C)C=C1. The number of rotatable bonds is 4. The third-order valence-electron chi connectivity index (χ3n) is 1.84. The molecule has 0 atom stereocenters. The summed E-state index contributed by atoms with van der Waals surface area (Å²) in [5.74, 6) is 0. The average Bonchev–Trinajstić information content (AvgIpc) is 2.08. The van der Waals surface area contributed by atoms with Crippen LogP contribution in [0.25, 0.3) is 0 Å². The lowest BCUT2D eigenvalue weighted by Gasteiger charge is -2.23. The predicted molar refractivity (Wildman–Crippen MR) is 55.5 cm³/mol. The molecule has 0 saturated heterocycles. The van der Waals surface area contributed by atoms with Crippen LogP contribution in [0.2, 0.25) is 0 Å². The van der Waals surface area contributed by atoms with E-state index in [1.807, 2.05) is 24.2 Å². The van der Waals surface area contributed by atoms with E-state index in [-0.39, 0.29) is 0 Å². The van der Waals surface area contributed by atoms with Crippen molar-refractivity contribution in [2.24, 2.45) is 4.99 Å². The van der Waals surface area contributed by atoms with Crippen LogP contribution >= 0.6 is 0 Å². The van der Waals surface area contributed by atoms with Gasteiger partial charge < -0.3 is 4.90 Å². The van der Waals surface area contributed by atoms with Gasteiger partial charge >= 0.3 is 0 Å². The van der Waals surface area contributed by atoms with Gasteiger partial charge in [0.15, 0.2) is 0 Å². The number of hydrazine groups is 1. The van der Waals surface area contributed by atoms with Gasteiger partial charge in [0.05, 0.1) is 0 Å². The van der Waals surface area contributed by atoms with E-state index in [4.69, 9.17) is 0 Å². The Morgan fingerprint density at radius 1 is 1.62 bits per heavy atom. The summed E-state index contributed by atoms with van der Waals surface area (Å²) in [6, 6.07) is 0. The van der Waals surface area contributed by atoms with Crippen molar-refractivity contribution in [2.45, 2.75) is 6.92 Å². The van der Waals surface area contributed by atoms with Gasteiger partial charge in [0.1, 0.15) is 6.67 Å². The number of hydrogen-bond donors (Lipinski definition) is 1. The molecule has 1 aliphatic rings. The molecule has 74 valence electrons. The van der Waals surface area contributed by atoms with Gasteiger partial charge in [-0.2, -0.15) is 0 Å². The molecule has 0 aromatic rings. The van der Waals surface area contributed by atoms with Crippen molar-refractivity contribution < 1.29 is 0 Å². The second-order valence-corrected chi connectivity index (χ2v) is 3.44. The van der Waals surface area contributed by atoms with E-state index in [0.29, 0.717) is 0 Å². The molecule has 0 amide bonds. The predicted octanol–water partition coefficient (Wildman–Crippen LogP) is 0.300. The first-order valence-corrected chi connectivity index (χ1v) is 4.52. The number of aliphatic imine (C=N–C) groups is 1. The average molecular weight is 182 g/mol. The van der Waals surface area contributed by atoms with Gasteiger partial charge in [0.2, 0.25) is 0 Å². The van der Waals surface area contributed by atoms with Crippen LogP contribution in [0.3, 0.4) is 0 Å². The molecule has 0 spiro atoms. The maximum atomic E-state index is 4.29. The summed E-state index contributed by atoms with van der Waals surface area (Å²) in [4.78, 5) is 6.44. The Hall–Kier alpha value is -0.870. The van der Waals surface area contributed by atoms with Crippen LogP contribution in [0.5, 0.6) is 0 Å². The number of nitrogens with one attached hydrogen (secondary N) is 1. The van der Waals surface area contributed by atoms with E-state index in [0.717, 1.165) is 25.5 Å². The van der Waals surface area contributed by atoms with E-state index >= 15 is 0 Å². The molecule has 0 radical (unpaired) electrons. The fraction of sp³-hybridized carbons (Fsp3) is 0.667.